The number of carboxylic acid groups (broad SMARTS) is 1. The van der Waals surface area contributed by atoms with Crippen LogP contribution in [0.15, 0.2) is 60.7 Å². The number of anilines is 2. The molecule has 2 N–H and O–H groups in total. The van der Waals surface area contributed by atoms with Crippen molar-refractivity contribution in [3.63, 3.8) is 0 Å². The lowest BCUT2D eigenvalue weighted by Gasteiger charge is -2.19. The van der Waals surface area contributed by atoms with Gasteiger partial charge >= 0.3 is 5.97 Å². The van der Waals surface area contributed by atoms with Crippen molar-refractivity contribution in [3.8, 4) is 22.9 Å². The van der Waals surface area contributed by atoms with Crippen molar-refractivity contribution in [3.05, 3.63) is 77.4 Å². The molecular weight excluding hydrogens is 404 g/mol. The molecule has 32 heavy (non-hydrogen) atoms. The first kappa shape index (κ1) is 21.4. The van der Waals surface area contributed by atoms with E-state index in [-0.39, 0.29) is 12.3 Å². The fraction of sp³-hybridized carbons (Fsp3) is 0.231. The number of aliphatic carboxylic acids is 1. The number of hydrogen-bond acceptors (Lipinski definition) is 5. The second-order valence-electron chi connectivity index (χ2n) is 7.79. The minimum atomic E-state index is -0.864. The molecule has 0 aromatic heterocycles. The first-order chi connectivity index (χ1) is 15.6. The zero-order chi connectivity index (χ0) is 22.5. The van der Waals surface area contributed by atoms with Gasteiger partial charge in [0, 0.05) is 36.4 Å². The van der Waals surface area contributed by atoms with Gasteiger partial charge in [0.15, 0.2) is 0 Å². The maximum atomic E-state index is 11.4. The van der Waals surface area contributed by atoms with E-state index >= 15 is 0 Å². The summed E-state index contributed by atoms with van der Waals surface area (Å²) >= 11 is 0. The van der Waals surface area contributed by atoms with E-state index in [1.54, 1.807) is 19.2 Å². The van der Waals surface area contributed by atoms with Gasteiger partial charge in [-0.2, -0.15) is 5.26 Å². The molecule has 1 aliphatic rings. The number of carbonyl (C=O) groups is 1. The third-order valence-electron chi connectivity index (χ3n) is 5.60. The molecule has 3 aromatic rings. The predicted octanol–water partition coefficient (Wildman–Crippen LogP) is 5.11. The SMILES string of the molecule is COC[C@H](CC(=O)O)c1ccc(-c2ccc3c(c2)CCO3)c(Nc2ccc(C#N)cc2)c1. The normalized spacial score (nSPS) is 13.0. The Hall–Kier alpha value is -3.82. The molecule has 1 atom stereocenters. The van der Waals surface area contributed by atoms with E-state index < -0.39 is 5.97 Å². The summed E-state index contributed by atoms with van der Waals surface area (Å²) in [6.45, 7) is 1.01. The van der Waals surface area contributed by atoms with E-state index in [2.05, 4.69) is 17.5 Å². The second-order valence-corrected chi connectivity index (χ2v) is 7.79. The molecule has 3 aromatic carbocycles. The van der Waals surface area contributed by atoms with Crippen molar-refractivity contribution < 1.29 is 19.4 Å². The third kappa shape index (κ3) is 4.74. The van der Waals surface area contributed by atoms with E-state index in [1.165, 1.54) is 5.56 Å². The summed E-state index contributed by atoms with van der Waals surface area (Å²) in [5, 5.41) is 21.9. The van der Waals surface area contributed by atoms with Crippen LogP contribution in [0.4, 0.5) is 11.4 Å². The van der Waals surface area contributed by atoms with Crippen molar-refractivity contribution in [1.82, 2.24) is 0 Å². The van der Waals surface area contributed by atoms with E-state index in [0.29, 0.717) is 18.8 Å². The number of benzene rings is 3. The lowest BCUT2D eigenvalue weighted by Crippen LogP contribution is -2.12. The van der Waals surface area contributed by atoms with Gasteiger partial charge in [-0.05, 0) is 59.2 Å². The number of rotatable bonds is 8. The van der Waals surface area contributed by atoms with Crippen LogP contribution in [0.5, 0.6) is 5.75 Å². The average molecular weight is 428 g/mol. The maximum absolute atomic E-state index is 11.4. The quantitative estimate of drug-likeness (QED) is 0.518. The van der Waals surface area contributed by atoms with Gasteiger partial charge < -0.3 is 19.9 Å². The molecule has 0 aliphatic carbocycles. The van der Waals surface area contributed by atoms with Crippen LogP contribution < -0.4 is 10.1 Å². The average Bonchev–Trinajstić information content (AvgIpc) is 3.27. The van der Waals surface area contributed by atoms with Crippen LogP contribution in [0.2, 0.25) is 0 Å². The Morgan fingerprint density at radius 2 is 2.00 bits per heavy atom. The standard InChI is InChI=1S/C26H24N2O4/c1-31-16-21(14-26(29)30)18-4-8-23(19-5-9-25-20(12-19)10-11-32-25)24(13-18)28-22-6-2-17(15-27)3-7-22/h2-9,12-13,21,28H,10-11,14,16H2,1H3,(H,29,30)/t21-/m0/s1. The fourth-order valence-corrected chi connectivity index (χ4v) is 3.99. The minimum Gasteiger partial charge on any atom is -0.493 e. The van der Waals surface area contributed by atoms with E-state index in [0.717, 1.165) is 40.2 Å². The van der Waals surface area contributed by atoms with Crippen LogP contribution in [-0.4, -0.2) is 31.4 Å². The Labute approximate surface area is 187 Å². The zero-order valence-corrected chi connectivity index (χ0v) is 17.8. The molecule has 1 heterocycles. The highest BCUT2D eigenvalue weighted by molar-refractivity contribution is 5.82. The zero-order valence-electron chi connectivity index (χ0n) is 17.8. The monoisotopic (exact) mass is 428 g/mol. The van der Waals surface area contributed by atoms with Gasteiger partial charge in [-0.3, -0.25) is 4.79 Å². The molecule has 0 saturated heterocycles. The summed E-state index contributed by atoms with van der Waals surface area (Å²) in [6.07, 6.45) is 0.869. The summed E-state index contributed by atoms with van der Waals surface area (Å²) in [6, 6.07) is 21.5. The van der Waals surface area contributed by atoms with Crippen LogP contribution >= 0.6 is 0 Å². The summed E-state index contributed by atoms with van der Waals surface area (Å²) in [4.78, 5) is 11.4. The molecule has 0 unspecified atom stereocenters. The van der Waals surface area contributed by atoms with Gasteiger partial charge in [-0.15, -0.1) is 0 Å². The van der Waals surface area contributed by atoms with Crippen molar-refractivity contribution in [1.29, 1.82) is 5.26 Å². The molecule has 4 rings (SSSR count). The molecule has 1 aliphatic heterocycles. The Bertz CT molecular complexity index is 1170. The maximum Gasteiger partial charge on any atom is 0.304 e. The summed E-state index contributed by atoms with van der Waals surface area (Å²) in [5.41, 5.74) is 6.41. The van der Waals surface area contributed by atoms with Gasteiger partial charge in [0.05, 0.1) is 31.3 Å². The molecule has 0 spiro atoms. The fourth-order valence-electron chi connectivity index (χ4n) is 3.99. The van der Waals surface area contributed by atoms with Crippen molar-refractivity contribution >= 4 is 17.3 Å². The predicted molar refractivity (Wildman–Crippen MR) is 122 cm³/mol. The van der Waals surface area contributed by atoms with Crippen molar-refractivity contribution in [2.24, 2.45) is 0 Å². The number of hydrogen-bond donors (Lipinski definition) is 2. The van der Waals surface area contributed by atoms with E-state index in [4.69, 9.17) is 14.7 Å². The third-order valence-corrected chi connectivity index (χ3v) is 5.60. The highest BCUT2D eigenvalue weighted by Crippen LogP contribution is 2.37. The summed E-state index contributed by atoms with van der Waals surface area (Å²) < 4.78 is 10.9. The van der Waals surface area contributed by atoms with Crippen LogP contribution in [0.25, 0.3) is 11.1 Å². The molecule has 0 saturated carbocycles. The van der Waals surface area contributed by atoms with Crippen LogP contribution in [0.1, 0.15) is 29.0 Å². The summed E-state index contributed by atoms with van der Waals surface area (Å²) in [7, 11) is 1.58. The van der Waals surface area contributed by atoms with Crippen LogP contribution in [-0.2, 0) is 16.0 Å². The highest BCUT2D eigenvalue weighted by Gasteiger charge is 2.19. The lowest BCUT2D eigenvalue weighted by atomic mass is 9.92. The van der Waals surface area contributed by atoms with E-state index in [1.807, 2.05) is 42.5 Å². The molecule has 0 amide bonds. The van der Waals surface area contributed by atoms with Crippen molar-refractivity contribution in [2.45, 2.75) is 18.8 Å². The minimum absolute atomic E-state index is 0.0142. The largest absolute Gasteiger partial charge is 0.493 e. The Balaban J connectivity index is 1.75. The second kappa shape index (κ2) is 9.54. The van der Waals surface area contributed by atoms with Gasteiger partial charge in [-0.1, -0.05) is 18.2 Å². The van der Waals surface area contributed by atoms with Crippen LogP contribution in [0.3, 0.4) is 0 Å². The number of methoxy groups -OCH3 is 1. The molecule has 0 fully saturated rings. The van der Waals surface area contributed by atoms with Gasteiger partial charge in [0.25, 0.3) is 0 Å². The van der Waals surface area contributed by atoms with Gasteiger partial charge in [0.1, 0.15) is 5.75 Å². The first-order valence-electron chi connectivity index (χ1n) is 10.5. The molecule has 6 heteroatoms. The molecule has 0 radical (unpaired) electrons. The molecular formula is C26H24N2O4. The van der Waals surface area contributed by atoms with Crippen molar-refractivity contribution in [2.75, 3.05) is 25.6 Å². The number of nitrogens with zero attached hydrogens (tertiary/aromatic N) is 1. The van der Waals surface area contributed by atoms with E-state index in [9.17, 15) is 9.90 Å². The molecule has 6 nitrogen and oxygen atoms in total. The first-order valence-corrected chi connectivity index (χ1v) is 10.5. The molecule has 0 bridgehead atoms. The van der Waals surface area contributed by atoms with Gasteiger partial charge in [0.2, 0.25) is 0 Å². The number of nitriles is 1. The lowest BCUT2D eigenvalue weighted by molar-refractivity contribution is -0.137. The topological polar surface area (TPSA) is 91.6 Å². The van der Waals surface area contributed by atoms with Crippen LogP contribution in [0, 0.1) is 11.3 Å². The molecule has 162 valence electrons. The smallest absolute Gasteiger partial charge is 0.304 e. The number of carboxylic acids is 1. The summed E-state index contributed by atoms with van der Waals surface area (Å²) in [5.74, 6) is -0.202. The highest BCUT2D eigenvalue weighted by atomic mass is 16.5. The number of nitrogens with one attached hydrogen (secondary N) is 1. The Morgan fingerprint density at radius 3 is 2.72 bits per heavy atom. The Kier molecular flexibility index (Phi) is 6.39. The Morgan fingerprint density at radius 1 is 1.19 bits per heavy atom. The van der Waals surface area contributed by atoms with Gasteiger partial charge in [-0.25, -0.2) is 0 Å². The number of ether oxygens (including phenoxy) is 2. The number of fused-ring (bicyclic) bond motifs is 1.